The molecule has 7 aromatic carbocycles. The lowest BCUT2D eigenvalue weighted by Crippen LogP contribution is -2.12. The van der Waals surface area contributed by atoms with Gasteiger partial charge in [-0.2, -0.15) is 0 Å². The summed E-state index contributed by atoms with van der Waals surface area (Å²) in [5.74, 6) is 0.966. The van der Waals surface area contributed by atoms with Crippen LogP contribution in [0.15, 0.2) is 175 Å². The van der Waals surface area contributed by atoms with Gasteiger partial charge in [0.25, 0.3) is 5.78 Å². The van der Waals surface area contributed by atoms with E-state index in [9.17, 15) is 4.79 Å². The fraction of sp³-hybridized carbons (Fsp3) is 0.0962. The predicted octanol–water partition coefficient (Wildman–Crippen LogP) is 13.6. The van der Waals surface area contributed by atoms with Crippen molar-refractivity contribution in [1.82, 2.24) is 0 Å². The Hall–Kier alpha value is -7.11. The molecule has 7 aromatic rings. The summed E-state index contributed by atoms with van der Waals surface area (Å²) in [6.07, 6.45) is 3.57. The third kappa shape index (κ3) is 8.29. The van der Waals surface area contributed by atoms with Crippen molar-refractivity contribution in [2.45, 2.75) is 34.6 Å². The lowest BCUT2D eigenvalue weighted by molar-refractivity contribution is -0.115. The molecule has 0 radical (unpaired) electrons. The fourth-order valence-electron chi connectivity index (χ4n) is 6.83. The van der Waals surface area contributed by atoms with Gasteiger partial charge in [-0.1, -0.05) is 101 Å². The van der Waals surface area contributed by atoms with Crippen molar-refractivity contribution in [3.63, 3.8) is 0 Å². The molecule has 5 nitrogen and oxygen atoms in total. The molecular weight excluding hydrogens is 701 g/mol. The number of hydrogen-bond acceptors (Lipinski definition) is 5. The molecule has 57 heavy (non-hydrogen) atoms. The average molecular weight is 745 g/mol. The SMILES string of the molecule is Cc1ccc(N(c2ccc(C)cc2)c2ccc(/C=C3\Oc4ccc(C)cc4O/C(=C\c4ccc(N(c5ccc(C)cc5)c5ccc(C)cc5)cc4)C3=O)cc2)cc1. The van der Waals surface area contributed by atoms with Crippen molar-refractivity contribution in [1.29, 1.82) is 0 Å². The van der Waals surface area contributed by atoms with Crippen LogP contribution in [0.25, 0.3) is 12.2 Å². The number of fused-ring (bicyclic) bond motifs is 1. The molecule has 0 amide bonds. The van der Waals surface area contributed by atoms with E-state index in [-0.39, 0.29) is 17.3 Å². The molecule has 0 unspecified atom stereocenters. The van der Waals surface area contributed by atoms with Gasteiger partial charge in [0.1, 0.15) is 0 Å². The van der Waals surface area contributed by atoms with E-state index in [1.54, 1.807) is 12.2 Å². The van der Waals surface area contributed by atoms with Gasteiger partial charge >= 0.3 is 0 Å². The molecular formula is C52H44N2O3. The zero-order chi connectivity index (χ0) is 39.5. The van der Waals surface area contributed by atoms with E-state index >= 15 is 0 Å². The highest BCUT2D eigenvalue weighted by molar-refractivity contribution is 6.11. The summed E-state index contributed by atoms with van der Waals surface area (Å²) in [6.45, 7) is 10.4. The monoisotopic (exact) mass is 744 g/mol. The minimum Gasteiger partial charge on any atom is -0.449 e. The molecule has 0 N–H and O–H groups in total. The first-order valence-electron chi connectivity index (χ1n) is 19.2. The third-order valence-electron chi connectivity index (χ3n) is 10.1. The Morgan fingerprint density at radius 2 is 0.632 bits per heavy atom. The van der Waals surface area contributed by atoms with Crippen molar-refractivity contribution in [2.24, 2.45) is 0 Å². The van der Waals surface area contributed by atoms with Crippen LogP contribution in [-0.2, 0) is 4.79 Å². The minimum atomic E-state index is -0.348. The second kappa shape index (κ2) is 15.9. The van der Waals surface area contributed by atoms with Gasteiger partial charge in [0.15, 0.2) is 23.0 Å². The van der Waals surface area contributed by atoms with Gasteiger partial charge in [-0.25, -0.2) is 0 Å². The summed E-state index contributed by atoms with van der Waals surface area (Å²) in [5.41, 5.74) is 13.7. The molecule has 1 heterocycles. The molecule has 0 spiro atoms. The summed E-state index contributed by atoms with van der Waals surface area (Å²) >= 11 is 0. The third-order valence-corrected chi connectivity index (χ3v) is 10.1. The average Bonchev–Trinajstić information content (AvgIpc) is 3.34. The first-order valence-corrected chi connectivity index (χ1v) is 19.2. The van der Waals surface area contributed by atoms with E-state index in [0.717, 1.165) is 50.8 Å². The maximum absolute atomic E-state index is 14.3. The van der Waals surface area contributed by atoms with E-state index in [1.165, 1.54) is 22.3 Å². The van der Waals surface area contributed by atoms with E-state index < -0.39 is 0 Å². The quantitative estimate of drug-likeness (QED) is 0.145. The zero-order valence-electron chi connectivity index (χ0n) is 32.9. The number of carbonyl (C=O) groups is 1. The first-order chi connectivity index (χ1) is 27.7. The van der Waals surface area contributed by atoms with Gasteiger partial charge in [0, 0.05) is 34.1 Å². The van der Waals surface area contributed by atoms with E-state index in [0.29, 0.717) is 11.5 Å². The van der Waals surface area contributed by atoms with E-state index in [4.69, 9.17) is 9.47 Å². The summed E-state index contributed by atoms with van der Waals surface area (Å²) in [5, 5.41) is 0. The van der Waals surface area contributed by atoms with Crippen LogP contribution >= 0.6 is 0 Å². The molecule has 0 bridgehead atoms. The van der Waals surface area contributed by atoms with Crippen LogP contribution in [0.4, 0.5) is 34.1 Å². The fourth-order valence-corrected chi connectivity index (χ4v) is 6.83. The number of carbonyl (C=O) groups excluding carboxylic acids is 1. The lowest BCUT2D eigenvalue weighted by Gasteiger charge is -2.26. The van der Waals surface area contributed by atoms with Crippen molar-refractivity contribution >= 4 is 52.1 Å². The molecule has 0 fully saturated rings. The first kappa shape index (κ1) is 36.8. The Morgan fingerprint density at radius 3 is 0.965 bits per heavy atom. The van der Waals surface area contributed by atoms with Crippen molar-refractivity contribution in [3.05, 3.63) is 214 Å². The van der Waals surface area contributed by atoms with Crippen molar-refractivity contribution in [2.75, 3.05) is 9.80 Å². The van der Waals surface area contributed by atoms with E-state index in [1.807, 2.05) is 49.4 Å². The van der Waals surface area contributed by atoms with Gasteiger partial charge in [0.2, 0.25) is 0 Å². The second-order valence-corrected chi connectivity index (χ2v) is 14.7. The predicted molar refractivity (Wildman–Crippen MR) is 235 cm³/mol. The molecule has 1 aliphatic heterocycles. The maximum atomic E-state index is 14.3. The van der Waals surface area contributed by atoms with Crippen LogP contribution in [0.3, 0.4) is 0 Å². The number of ether oxygens (including phenoxy) is 2. The van der Waals surface area contributed by atoms with Crippen molar-refractivity contribution in [3.8, 4) is 11.5 Å². The normalized spacial score (nSPS) is 13.7. The number of nitrogens with zero attached hydrogens (tertiary/aromatic N) is 2. The summed E-state index contributed by atoms with van der Waals surface area (Å²) < 4.78 is 12.7. The Balaban J connectivity index is 1.12. The van der Waals surface area contributed by atoms with Gasteiger partial charge in [0.05, 0.1) is 0 Å². The molecule has 280 valence electrons. The topological polar surface area (TPSA) is 42.0 Å². The highest BCUT2D eigenvalue weighted by Crippen LogP contribution is 2.39. The Bertz CT molecular complexity index is 2500. The van der Waals surface area contributed by atoms with Crippen molar-refractivity contribution < 1.29 is 14.3 Å². The lowest BCUT2D eigenvalue weighted by atomic mass is 10.1. The minimum absolute atomic E-state index is 0.173. The summed E-state index contributed by atoms with van der Waals surface area (Å²) in [4.78, 5) is 18.8. The van der Waals surface area contributed by atoms with Crippen LogP contribution in [0.1, 0.15) is 38.9 Å². The number of Topliss-reactive ketones (excluding diaryl/α,β-unsaturated/α-hetero) is 1. The molecule has 0 aromatic heterocycles. The van der Waals surface area contributed by atoms with Gasteiger partial charge in [-0.3, -0.25) is 4.79 Å². The molecule has 0 saturated carbocycles. The van der Waals surface area contributed by atoms with Gasteiger partial charge in [-0.15, -0.1) is 0 Å². The Labute approximate surface area is 335 Å². The van der Waals surface area contributed by atoms with Gasteiger partial charge in [-0.05, 0) is 148 Å². The van der Waals surface area contributed by atoms with Crippen LogP contribution in [0, 0.1) is 34.6 Å². The van der Waals surface area contributed by atoms with Gasteiger partial charge < -0.3 is 19.3 Å². The van der Waals surface area contributed by atoms with Crippen LogP contribution < -0.4 is 19.3 Å². The Kier molecular flexibility index (Phi) is 10.3. The molecule has 1 aliphatic rings. The highest BCUT2D eigenvalue weighted by Gasteiger charge is 2.27. The summed E-state index contributed by atoms with van der Waals surface area (Å²) in [6, 6.07) is 56.0. The number of rotatable bonds is 8. The number of ketones is 1. The second-order valence-electron chi connectivity index (χ2n) is 14.7. The Morgan fingerprint density at radius 1 is 0.351 bits per heavy atom. The number of hydrogen-bond donors (Lipinski definition) is 0. The van der Waals surface area contributed by atoms with Crippen LogP contribution in [0.2, 0.25) is 0 Å². The maximum Gasteiger partial charge on any atom is 0.263 e. The largest absolute Gasteiger partial charge is 0.449 e. The van der Waals surface area contributed by atoms with Crippen LogP contribution in [0.5, 0.6) is 11.5 Å². The molecule has 0 atom stereocenters. The highest BCUT2D eigenvalue weighted by atomic mass is 16.5. The molecule has 5 heteroatoms. The standard InChI is InChI=1S/C52H44N2O3/c1-35-6-19-42(20-7-35)53(43-21-8-36(2)9-22-43)46-27-15-40(16-28-46)33-50-52(55)51(57-49-32-39(5)14-31-48(49)56-50)34-41-17-29-47(30-18-41)54(44-23-10-37(3)11-24-44)45-25-12-38(4)13-26-45/h6-34H,1-5H3/b50-33-,51-34-. The zero-order valence-corrected chi connectivity index (χ0v) is 32.9. The molecule has 8 rings (SSSR count). The molecule has 0 saturated heterocycles. The van der Waals surface area contributed by atoms with Crippen LogP contribution in [-0.4, -0.2) is 5.78 Å². The number of benzene rings is 7. The number of aryl methyl sites for hydroxylation is 5. The number of anilines is 6. The van der Waals surface area contributed by atoms with E-state index in [2.05, 4.69) is 159 Å². The smallest absolute Gasteiger partial charge is 0.263 e. The summed E-state index contributed by atoms with van der Waals surface area (Å²) in [7, 11) is 0. The molecule has 0 aliphatic carbocycles.